The van der Waals surface area contributed by atoms with Crippen LogP contribution in [0.25, 0.3) is 16.7 Å². The van der Waals surface area contributed by atoms with E-state index in [0.29, 0.717) is 5.56 Å². The van der Waals surface area contributed by atoms with Crippen molar-refractivity contribution in [1.82, 2.24) is 9.38 Å². The molecule has 2 heterocycles. The summed E-state index contributed by atoms with van der Waals surface area (Å²) >= 11 is 14.3. The van der Waals surface area contributed by atoms with Crippen LogP contribution in [0.15, 0.2) is 127 Å². The third kappa shape index (κ3) is 19.4. The second-order valence-electron chi connectivity index (χ2n) is 19.3. The van der Waals surface area contributed by atoms with Crippen molar-refractivity contribution in [2.24, 2.45) is 40.9 Å². The van der Waals surface area contributed by atoms with Gasteiger partial charge in [-0.2, -0.15) is 52.5 Å². The van der Waals surface area contributed by atoms with Gasteiger partial charge in [0.1, 0.15) is 56.4 Å². The quantitative estimate of drug-likeness (QED) is 0.0103. The van der Waals surface area contributed by atoms with Crippen LogP contribution in [0.5, 0.6) is 11.6 Å². The molecule has 92 heavy (non-hydrogen) atoms. The normalized spacial score (nSPS) is 12.7. The van der Waals surface area contributed by atoms with E-state index in [2.05, 4.69) is 56.5 Å². The third-order valence-corrected chi connectivity index (χ3v) is 19.4. The molecule has 0 radical (unpaired) electrons. The number of hydrogen-bond acceptors (Lipinski definition) is 26. The maximum atomic E-state index is 12.8. The molecule has 5 aromatic carbocycles. The third-order valence-electron chi connectivity index (χ3n) is 12.2. The summed E-state index contributed by atoms with van der Waals surface area (Å²) in [5.41, 5.74) is -0.637. The van der Waals surface area contributed by atoms with E-state index in [1.807, 2.05) is 6.07 Å². The summed E-state index contributed by atoms with van der Waals surface area (Å²) in [5, 5.41) is 61.0. The Morgan fingerprint density at radius 2 is 1.11 bits per heavy atom. The second-order valence-corrected chi connectivity index (χ2v) is 29.9. The molecule has 0 aliphatic rings. The molecule has 0 saturated heterocycles. The molecule has 7 aromatic rings. The Hall–Kier alpha value is -7.69. The van der Waals surface area contributed by atoms with Crippen LogP contribution >= 0.6 is 46.7 Å². The van der Waals surface area contributed by atoms with E-state index in [-0.39, 0.29) is 143 Å². The van der Waals surface area contributed by atoms with E-state index >= 15 is 0 Å². The molecule has 0 aliphatic heterocycles. The minimum atomic E-state index is -4.88. The van der Waals surface area contributed by atoms with E-state index in [0.717, 1.165) is 59.1 Å². The van der Waals surface area contributed by atoms with Gasteiger partial charge in [0.05, 0.1) is 66.9 Å². The number of aromatic nitrogens is 2. The molecule has 0 spiro atoms. The summed E-state index contributed by atoms with van der Waals surface area (Å²) in [6.45, 7) is 4.96. The van der Waals surface area contributed by atoms with E-state index < -0.39 is 100 Å². The number of benzene rings is 5. The van der Waals surface area contributed by atoms with E-state index in [9.17, 15) is 84.8 Å². The lowest BCUT2D eigenvalue weighted by Crippen LogP contribution is -2.08. The highest BCUT2D eigenvalue weighted by atomic mass is 35.5. The number of halogens is 2. The highest BCUT2D eigenvalue weighted by Crippen LogP contribution is 2.46. The van der Waals surface area contributed by atoms with Gasteiger partial charge in [-0.3, -0.25) is 36.8 Å². The lowest BCUT2D eigenvalue weighted by Gasteiger charge is -2.13. The van der Waals surface area contributed by atoms with Crippen molar-refractivity contribution in [3.63, 3.8) is 0 Å². The Morgan fingerprint density at radius 1 is 0.609 bits per heavy atom. The molecule has 7 rings (SSSR count). The van der Waals surface area contributed by atoms with Crippen LogP contribution in [0.2, 0.25) is 10.0 Å². The van der Waals surface area contributed by atoms with E-state index in [1.54, 1.807) is 6.92 Å². The van der Waals surface area contributed by atoms with Crippen LogP contribution in [0.3, 0.4) is 0 Å². The van der Waals surface area contributed by atoms with Gasteiger partial charge in [-0.25, -0.2) is 4.98 Å². The van der Waals surface area contributed by atoms with Gasteiger partial charge in [0.2, 0.25) is 17.7 Å². The summed E-state index contributed by atoms with van der Waals surface area (Å²) in [4.78, 5) is 28.9. The fraction of sp³-hybridized carbons (Fsp3) is 0.255. The number of carbonyl (C=O) groups excluding carboxylic acids is 2. The number of ether oxygens (including phenoxy) is 1. The second kappa shape index (κ2) is 29.5. The number of carbonyl (C=O) groups is 2. The van der Waals surface area contributed by atoms with Crippen LogP contribution in [0, 0.1) is 25.2 Å². The molecule has 2 amide bonds. The summed E-state index contributed by atoms with van der Waals surface area (Å²) in [6.07, 6.45) is -0.448. The van der Waals surface area contributed by atoms with Gasteiger partial charge in [0, 0.05) is 35.3 Å². The Bertz CT molecular complexity index is 4910. The van der Waals surface area contributed by atoms with Crippen molar-refractivity contribution < 1.29 is 84.3 Å². The first-order valence-corrected chi connectivity index (χ1v) is 36.3. The maximum absolute atomic E-state index is 12.8. The number of imidazole rings is 1. The number of pyridine rings is 1. The van der Waals surface area contributed by atoms with Crippen molar-refractivity contribution in [2.75, 3.05) is 46.0 Å². The highest BCUT2D eigenvalue weighted by Gasteiger charge is 2.25. The SMILES string of the molecule is CC(=O)Nc1cc(N=Nc2cc(SCCCS(=O)(=O)O)c(N=Nc3cc(OCCCS(=O)(=O)O)c(N=Nc4c(C)c(C#N)c5nc6ccc(S(=O)(=O)O)cc6n5c4O)cc3C)cc2NC(C)=O)c(SCCCS(=O)(=O)O)cc1N=Nc1cc(S(=O)(=O)O)c(Cl)cc1Cl. The molecule has 8 N–H and O–H groups in total. The van der Waals surface area contributed by atoms with E-state index in [4.69, 9.17) is 27.9 Å². The zero-order chi connectivity index (χ0) is 67.8. The predicted molar refractivity (Wildman–Crippen MR) is 339 cm³/mol. The number of nitrogens with zero attached hydrogens (tertiary/aromatic N) is 11. The average molecular weight is 1440 g/mol. The number of nitrogens with one attached hydrogen (secondary N) is 2. The number of aryl methyl sites for hydroxylation is 1. The van der Waals surface area contributed by atoms with Gasteiger partial charge in [0.15, 0.2) is 11.3 Å². The number of aromatic hydroxyl groups is 1. The summed E-state index contributed by atoms with van der Waals surface area (Å²) in [7, 11) is -22.9. The molecule has 2 aromatic heterocycles. The van der Waals surface area contributed by atoms with Crippen molar-refractivity contribution >= 4 is 183 Å². The predicted octanol–water partition coefficient (Wildman–Crippen LogP) is 12.5. The largest absolute Gasteiger partial charge is 0.493 e. The number of thioether (sulfide) groups is 2. The highest BCUT2D eigenvalue weighted by molar-refractivity contribution is 7.99. The zero-order valence-electron chi connectivity index (χ0n) is 47.7. The van der Waals surface area contributed by atoms with Crippen LogP contribution in [-0.2, 0) is 60.2 Å². The zero-order valence-corrected chi connectivity index (χ0v) is 55.0. The van der Waals surface area contributed by atoms with Crippen LogP contribution in [0.4, 0.5) is 56.9 Å². The molecular formula is C51H49Cl2N13O19S7. The van der Waals surface area contributed by atoms with Crippen LogP contribution < -0.4 is 15.4 Å². The van der Waals surface area contributed by atoms with Gasteiger partial charge < -0.3 is 20.5 Å². The summed E-state index contributed by atoms with van der Waals surface area (Å²) in [6, 6.07) is 15.2. The van der Waals surface area contributed by atoms with Gasteiger partial charge in [0.25, 0.3) is 50.6 Å². The van der Waals surface area contributed by atoms with Crippen LogP contribution in [-0.4, -0.2) is 127 Å². The Labute approximate surface area is 542 Å². The van der Waals surface area contributed by atoms with Gasteiger partial charge in [-0.05, 0) is 111 Å². The van der Waals surface area contributed by atoms with Crippen molar-refractivity contribution in [2.45, 2.75) is 66.5 Å². The number of nitriles is 1. The topological polar surface area (TPSA) is 499 Å². The fourth-order valence-electron chi connectivity index (χ4n) is 8.11. The average Bonchev–Trinajstić information content (AvgIpc) is 1.56. The molecule has 0 bridgehead atoms. The molecule has 488 valence electrons. The number of hydrogen-bond donors (Lipinski definition) is 8. The fourth-order valence-corrected chi connectivity index (χ4v) is 13.7. The Balaban J connectivity index is 1.34. The first-order valence-electron chi connectivity index (χ1n) is 25.9. The molecule has 41 heteroatoms. The molecule has 0 fully saturated rings. The summed E-state index contributed by atoms with van der Waals surface area (Å²) < 4.78 is 173. The smallest absolute Gasteiger partial charge is 0.296 e. The molecule has 0 aliphatic carbocycles. The Kier molecular flexibility index (Phi) is 23.0. The molecule has 0 saturated carbocycles. The number of rotatable bonds is 27. The van der Waals surface area contributed by atoms with Crippen LogP contribution in [0.1, 0.15) is 49.8 Å². The minimum Gasteiger partial charge on any atom is -0.493 e. The molecular weight excluding hydrogens is 1390 g/mol. The van der Waals surface area contributed by atoms with E-state index in [1.165, 1.54) is 56.3 Å². The number of fused-ring (bicyclic) bond motifs is 3. The lowest BCUT2D eigenvalue weighted by molar-refractivity contribution is -0.115. The molecule has 32 nitrogen and oxygen atoms in total. The lowest BCUT2D eigenvalue weighted by atomic mass is 10.1. The Morgan fingerprint density at radius 3 is 1.61 bits per heavy atom. The standard InChI is InChI=1S/C51H49Cl2N13O19S7/c1-26-16-41(62-65-49-27(2)31(25-54)50-57-34-9-8-30(91(79,80)81)17-44(34)66(50)51(49)69)45(85-10-5-13-88(70,71)72)21-35(26)58-63-42-19-38(56-29(4)68)40(23-46(42)86-11-6-14-89(73,74)75)61-64-43-20-37(55-28(3)67)39(22-47(43)87-12-7-15-90(76,77)78)60-59-36-24-48(92(82,83)84)33(53)18-32(36)52/h8-9,16-24,69H,5-7,10-15H2,1-4H3,(H,55,67)(H,56,68)(H,70,71,72)(H,73,74,75)(H,76,77,78)(H,79,80,81)(H,82,83,84). The maximum Gasteiger partial charge on any atom is 0.296 e. The number of azo groups is 4. The van der Waals surface area contributed by atoms with Crippen molar-refractivity contribution in [3.05, 3.63) is 93.5 Å². The van der Waals surface area contributed by atoms with Crippen molar-refractivity contribution in [3.8, 4) is 17.7 Å². The first-order chi connectivity index (χ1) is 42.9. The summed E-state index contributed by atoms with van der Waals surface area (Å²) in [5.74, 6) is -4.03. The number of anilines is 2. The van der Waals surface area contributed by atoms with Gasteiger partial charge in [-0.1, -0.05) is 23.2 Å². The number of amides is 2. The van der Waals surface area contributed by atoms with Gasteiger partial charge >= 0.3 is 0 Å². The van der Waals surface area contributed by atoms with Gasteiger partial charge in [-0.15, -0.1) is 59.3 Å². The first kappa shape index (κ1) is 71.7. The minimum absolute atomic E-state index is 0.0101. The molecule has 0 unspecified atom stereocenters. The molecule has 0 atom stereocenters. The van der Waals surface area contributed by atoms with Crippen molar-refractivity contribution in [1.29, 1.82) is 5.26 Å². The monoisotopic (exact) mass is 1440 g/mol.